The molecular weight excluding hydrogens is 360 g/mol. The van der Waals surface area contributed by atoms with Gasteiger partial charge in [0.2, 0.25) is 0 Å². The average molecular weight is 415 g/mol. The molecule has 0 spiro atoms. The van der Waals surface area contributed by atoms with Crippen molar-refractivity contribution in [2.45, 2.75) is 106 Å². The maximum Gasteiger partial charge on any atom is 0.0540 e. The van der Waals surface area contributed by atoms with Crippen molar-refractivity contribution in [2.24, 2.45) is 23.2 Å². The molecule has 0 aliphatic carbocycles. The Kier molecular flexibility index (Phi) is 20.7. The first kappa shape index (κ1) is 30.7. The SMILES string of the molecule is CC.CC(=N)C1(CO)CCNCC1.CCCCCCC(C)C(C)CC(CC)CO. The van der Waals surface area contributed by atoms with Crippen LogP contribution in [-0.2, 0) is 0 Å². The van der Waals surface area contributed by atoms with E-state index in [0.29, 0.717) is 18.2 Å². The van der Waals surface area contributed by atoms with Gasteiger partial charge in [-0.25, -0.2) is 0 Å². The maximum atomic E-state index is 9.20. The molecule has 4 N–H and O–H groups in total. The normalized spacial score (nSPS) is 18.4. The van der Waals surface area contributed by atoms with Crippen LogP contribution in [0.4, 0.5) is 0 Å². The number of aliphatic hydroxyl groups is 2. The summed E-state index contributed by atoms with van der Waals surface area (Å²) in [5.41, 5.74) is 0.423. The van der Waals surface area contributed by atoms with E-state index in [0.717, 1.165) is 44.2 Å². The van der Waals surface area contributed by atoms with Crippen LogP contribution in [0.5, 0.6) is 0 Å². The zero-order chi connectivity index (χ0) is 22.7. The van der Waals surface area contributed by atoms with Crippen molar-refractivity contribution in [3.8, 4) is 0 Å². The minimum Gasteiger partial charge on any atom is -0.396 e. The molecule has 0 saturated carbocycles. The standard InChI is InChI=1S/C15H32O.C8H16N2O.C2H6/c1-5-7-8-9-10-13(3)14(4)11-15(6-2)12-16;1-7(9)8(6-11)2-4-10-5-3-8;1-2/h13-16H,5-12H2,1-4H3;9-11H,2-6H2,1H3;1-2H3. The first-order chi connectivity index (χ1) is 13.9. The molecule has 1 heterocycles. The predicted octanol–water partition coefficient (Wildman–Crippen LogP) is 6.05. The zero-order valence-corrected chi connectivity index (χ0v) is 20.8. The first-order valence-electron chi connectivity index (χ1n) is 12.3. The number of unbranched alkanes of at least 4 members (excludes halogenated alkanes) is 3. The van der Waals surface area contributed by atoms with Crippen molar-refractivity contribution in [2.75, 3.05) is 26.3 Å². The van der Waals surface area contributed by atoms with Gasteiger partial charge in [0.25, 0.3) is 0 Å². The molecule has 3 atom stereocenters. The van der Waals surface area contributed by atoms with Crippen LogP contribution in [0, 0.1) is 28.6 Å². The second kappa shape index (κ2) is 19.5. The lowest BCUT2D eigenvalue weighted by Crippen LogP contribution is -2.43. The molecule has 1 aliphatic heterocycles. The molecule has 176 valence electrons. The lowest BCUT2D eigenvalue weighted by atomic mass is 9.76. The molecule has 0 aromatic heterocycles. The average Bonchev–Trinajstić information content (AvgIpc) is 2.76. The smallest absolute Gasteiger partial charge is 0.0540 e. The molecule has 1 rings (SSSR count). The van der Waals surface area contributed by atoms with Gasteiger partial charge >= 0.3 is 0 Å². The molecule has 4 heteroatoms. The van der Waals surface area contributed by atoms with Gasteiger partial charge in [-0.15, -0.1) is 0 Å². The zero-order valence-electron chi connectivity index (χ0n) is 20.8. The Morgan fingerprint density at radius 2 is 1.59 bits per heavy atom. The van der Waals surface area contributed by atoms with Gasteiger partial charge in [-0.2, -0.15) is 0 Å². The van der Waals surface area contributed by atoms with Gasteiger partial charge in [-0.05, 0) is 57.0 Å². The largest absolute Gasteiger partial charge is 0.396 e. The number of nitrogens with one attached hydrogen (secondary N) is 2. The van der Waals surface area contributed by atoms with Crippen molar-refractivity contribution < 1.29 is 10.2 Å². The second-order valence-corrected chi connectivity index (χ2v) is 8.81. The van der Waals surface area contributed by atoms with Gasteiger partial charge in [0.15, 0.2) is 0 Å². The monoisotopic (exact) mass is 414 g/mol. The van der Waals surface area contributed by atoms with E-state index in [1.54, 1.807) is 6.92 Å². The maximum absolute atomic E-state index is 9.20. The molecule has 29 heavy (non-hydrogen) atoms. The molecule has 0 amide bonds. The summed E-state index contributed by atoms with van der Waals surface area (Å²) in [5.74, 6) is 2.10. The molecule has 1 saturated heterocycles. The molecule has 0 aromatic rings. The topological polar surface area (TPSA) is 76.3 Å². The van der Waals surface area contributed by atoms with Crippen LogP contribution in [0.2, 0.25) is 0 Å². The predicted molar refractivity (Wildman–Crippen MR) is 129 cm³/mol. The highest BCUT2D eigenvalue weighted by Gasteiger charge is 2.33. The third kappa shape index (κ3) is 13.5. The van der Waals surface area contributed by atoms with Crippen molar-refractivity contribution in [1.29, 1.82) is 5.41 Å². The summed E-state index contributed by atoms with van der Waals surface area (Å²) < 4.78 is 0. The van der Waals surface area contributed by atoms with Crippen LogP contribution in [0.15, 0.2) is 0 Å². The minimum atomic E-state index is -0.203. The van der Waals surface area contributed by atoms with Crippen molar-refractivity contribution in [3.05, 3.63) is 0 Å². The Labute approximate surface area is 182 Å². The molecular formula is C25H54N2O2. The van der Waals surface area contributed by atoms with Crippen LogP contribution in [0.1, 0.15) is 106 Å². The fourth-order valence-corrected chi connectivity index (χ4v) is 3.86. The molecule has 3 unspecified atom stereocenters. The van der Waals surface area contributed by atoms with E-state index in [4.69, 9.17) is 10.5 Å². The Morgan fingerprint density at radius 1 is 1.00 bits per heavy atom. The first-order valence-corrected chi connectivity index (χ1v) is 12.3. The fourth-order valence-electron chi connectivity index (χ4n) is 3.86. The van der Waals surface area contributed by atoms with Gasteiger partial charge in [-0.1, -0.05) is 80.1 Å². The van der Waals surface area contributed by atoms with Gasteiger partial charge in [0.1, 0.15) is 0 Å². The second-order valence-electron chi connectivity index (χ2n) is 8.81. The molecule has 0 aromatic carbocycles. The molecule has 4 nitrogen and oxygen atoms in total. The molecule has 1 aliphatic rings. The van der Waals surface area contributed by atoms with E-state index in [1.165, 1.54) is 38.5 Å². The minimum absolute atomic E-state index is 0.129. The summed E-state index contributed by atoms with van der Waals surface area (Å²) in [5, 5.41) is 29.1. The van der Waals surface area contributed by atoms with Crippen LogP contribution in [0.25, 0.3) is 0 Å². The van der Waals surface area contributed by atoms with Crippen LogP contribution >= 0.6 is 0 Å². The summed E-state index contributed by atoms with van der Waals surface area (Å²) in [6.07, 6.45) is 11.0. The highest BCUT2D eigenvalue weighted by atomic mass is 16.3. The van der Waals surface area contributed by atoms with E-state index < -0.39 is 0 Å². The van der Waals surface area contributed by atoms with Gasteiger partial charge in [-0.3, -0.25) is 0 Å². The third-order valence-corrected chi connectivity index (χ3v) is 6.68. The fraction of sp³-hybridized carbons (Fsp3) is 0.960. The molecule has 0 bridgehead atoms. The van der Waals surface area contributed by atoms with Crippen LogP contribution < -0.4 is 5.32 Å². The third-order valence-electron chi connectivity index (χ3n) is 6.68. The summed E-state index contributed by atoms with van der Waals surface area (Å²) >= 11 is 0. The number of piperidine rings is 1. The number of hydrogen-bond acceptors (Lipinski definition) is 4. The van der Waals surface area contributed by atoms with Crippen molar-refractivity contribution >= 4 is 5.71 Å². The summed E-state index contributed by atoms with van der Waals surface area (Å²) in [7, 11) is 0. The number of hydrogen-bond donors (Lipinski definition) is 4. The van der Waals surface area contributed by atoms with Crippen LogP contribution in [0.3, 0.4) is 0 Å². The quantitative estimate of drug-likeness (QED) is 0.232. The Hall–Kier alpha value is -0.450. The Morgan fingerprint density at radius 3 is 1.97 bits per heavy atom. The summed E-state index contributed by atoms with van der Waals surface area (Å²) in [4.78, 5) is 0. The number of aliphatic hydroxyl groups excluding tert-OH is 2. The molecule has 1 fully saturated rings. The van der Waals surface area contributed by atoms with Crippen molar-refractivity contribution in [1.82, 2.24) is 5.32 Å². The Balaban J connectivity index is 0. The van der Waals surface area contributed by atoms with E-state index in [2.05, 4.69) is 33.0 Å². The lowest BCUT2D eigenvalue weighted by Gasteiger charge is -2.35. The van der Waals surface area contributed by atoms with E-state index >= 15 is 0 Å². The highest BCUT2D eigenvalue weighted by Crippen LogP contribution is 2.29. The molecule has 0 radical (unpaired) electrons. The summed E-state index contributed by atoms with van der Waals surface area (Å²) in [6.45, 7) is 17.3. The van der Waals surface area contributed by atoms with E-state index in [9.17, 15) is 5.11 Å². The van der Waals surface area contributed by atoms with Crippen LogP contribution in [-0.4, -0.2) is 42.2 Å². The lowest BCUT2D eigenvalue weighted by molar-refractivity contribution is 0.149. The van der Waals surface area contributed by atoms with Crippen molar-refractivity contribution in [3.63, 3.8) is 0 Å². The summed E-state index contributed by atoms with van der Waals surface area (Å²) in [6, 6.07) is 0. The Bertz CT molecular complexity index is 364. The van der Waals surface area contributed by atoms with E-state index in [-0.39, 0.29) is 12.0 Å². The van der Waals surface area contributed by atoms with Gasteiger partial charge in [0, 0.05) is 17.7 Å². The van der Waals surface area contributed by atoms with Gasteiger partial charge < -0.3 is 20.9 Å². The highest BCUT2D eigenvalue weighted by molar-refractivity contribution is 5.85. The van der Waals surface area contributed by atoms with Gasteiger partial charge in [0.05, 0.1) is 6.61 Å². The van der Waals surface area contributed by atoms with E-state index in [1.807, 2.05) is 13.8 Å². The number of rotatable bonds is 12.